The summed E-state index contributed by atoms with van der Waals surface area (Å²) in [5.74, 6) is 1.79. The zero-order chi connectivity index (χ0) is 10.6. The van der Waals surface area contributed by atoms with Crippen LogP contribution >= 0.6 is 0 Å². The summed E-state index contributed by atoms with van der Waals surface area (Å²) in [4.78, 5) is 0. The summed E-state index contributed by atoms with van der Waals surface area (Å²) in [6.07, 6.45) is 8.19. The second-order valence-corrected chi connectivity index (χ2v) is 5.60. The molecular weight excluding hydrogens is 170 g/mol. The molecule has 0 aromatic heterocycles. The quantitative estimate of drug-likeness (QED) is 0.732. The monoisotopic (exact) mass is 197 g/mol. The summed E-state index contributed by atoms with van der Waals surface area (Å²) >= 11 is 0. The van der Waals surface area contributed by atoms with Crippen molar-refractivity contribution in [1.29, 1.82) is 0 Å². The predicted molar refractivity (Wildman–Crippen MR) is 63.2 cm³/mol. The van der Waals surface area contributed by atoms with E-state index in [0.717, 1.165) is 18.4 Å². The second kappa shape index (κ2) is 5.16. The van der Waals surface area contributed by atoms with E-state index in [9.17, 15) is 0 Å². The minimum atomic E-state index is 0.502. The van der Waals surface area contributed by atoms with Crippen LogP contribution in [-0.2, 0) is 0 Å². The summed E-state index contributed by atoms with van der Waals surface area (Å²) < 4.78 is 0. The molecule has 0 heterocycles. The van der Waals surface area contributed by atoms with E-state index < -0.39 is 0 Å². The first kappa shape index (κ1) is 12.0. The largest absolute Gasteiger partial charge is 0.330 e. The van der Waals surface area contributed by atoms with Crippen LogP contribution in [0.2, 0.25) is 0 Å². The van der Waals surface area contributed by atoms with Crippen molar-refractivity contribution < 1.29 is 0 Å². The highest BCUT2D eigenvalue weighted by Gasteiger charge is 2.33. The van der Waals surface area contributed by atoms with Crippen molar-refractivity contribution >= 4 is 0 Å². The van der Waals surface area contributed by atoms with Crippen molar-refractivity contribution in [3.05, 3.63) is 0 Å². The number of hydrogen-bond donors (Lipinski definition) is 1. The fourth-order valence-electron chi connectivity index (χ4n) is 2.75. The first-order valence-corrected chi connectivity index (χ1v) is 6.32. The third-order valence-electron chi connectivity index (χ3n) is 4.25. The minimum Gasteiger partial charge on any atom is -0.330 e. The maximum atomic E-state index is 5.99. The third kappa shape index (κ3) is 2.98. The van der Waals surface area contributed by atoms with E-state index in [4.69, 9.17) is 5.73 Å². The molecular formula is C13H27N. The average molecular weight is 197 g/mol. The van der Waals surface area contributed by atoms with Crippen molar-refractivity contribution in [2.45, 2.75) is 59.3 Å². The van der Waals surface area contributed by atoms with Crippen LogP contribution in [-0.4, -0.2) is 6.54 Å². The van der Waals surface area contributed by atoms with Crippen molar-refractivity contribution in [2.24, 2.45) is 23.0 Å². The lowest BCUT2D eigenvalue weighted by Crippen LogP contribution is -2.35. The summed E-state index contributed by atoms with van der Waals surface area (Å²) in [5, 5.41) is 0. The standard InChI is InChI=1S/C13H27N/c1-4-11(2)9-13(10-14)7-5-12(3)6-8-13/h11-12H,4-10,14H2,1-3H3. The average Bonchev–Trinajstić information content (AvgIpc) is 2.22. The smallest absolute Gasteiger partial charge is 0.00204 e. The summed E-state index contributed by atoms with van der Waals surface area (Å²) in [5.41, 5.74) is 6.49. The molecule has 0 saturated heterocycles. The predicted octanol–water partition coefficient (Wildman–Crippen LogP) is 3.58. The van der Waals surface area contributed by atoms with Crippen LogP contribution in [0, 0.1) is 17.3 Å². The van der Waals surface area contributed by atoms with Crippen molar-refractivity contribution in [3.63, 3.8) is 0 Å². The lowest BCUT2D eigenvalue weighted by atomic mass is 9.66. The van der Waals surface area contributed by atoms with Gasteiger partial charge >= 0.3 is 0 Å². The van der Waals surface area contributed by atoms with Gasteiger partial charge in [0.2, 0.25) is 0 Å². The zero-order valence-corrected chi connectivity index (χ0v) is 10.2. The van der Waals surface area contributed by atoms with E-state index in [1.165, 1.54) is 38.5 Å². The lowest BCUT2D eigenvalue weighted by molar-refractivity contribution is 0.128. The van der Waals surface area contributed by atoms with Gasteiger partial charge in [-0.05, 0) is 43.1 Å². The Morgan fingerprint density at radius 1 is 1.36 bits per heavy atom. The summed E-state index contributed by atoms with van der Waals surface area (Å²) in [7, 11) is 0. The Morgan fingerprint density at radius 2 is 1.93 bits per heavy atom. The topological polar surface area (TPSA) is 26.0 Å². The molecule has 0 amide bonds. The van der Waals surface area contributed by atoms with Crippen molar-refractivity contribution in [3.8, 4) is 0 Å². The maximum absolute atomic E-state index is 5.99. The number of rotatable bonds is 4. The number of hydrogen-bond acceptors (Lipinski definition) is 1. The fourth-order valence-corrected chi connectivity index (χ4v) is 2.75. The molecule has 0 radical (unpaired) electrons. The van der Waals surface area contributed by atoms with Gasteiger partial charge < -0.3 is 5.73 Å². The Labute approximate surface area is 89.5 Å². The van der Waals surface area contributed by atoms with Crippen LogP contribution in [0.25, 0.3) is 0 Å². The summed E-state index contributed by atoms with van der Waals surface area (Å²) in [6.45, 7) is 7.95. The molecule has 0 spiro atoms. The minimum absolute atomic E-state index is 0.502. The highest BCUT2D eigenvalue weighted by atomic mass is 14.6. The Kier molecular flexibility index (Phi) is 4.43. The molecule has 1 atom stereocenters. The van der Waals surface area contributed by atoms with Gasteiger partial charge in [-0.25, -0.2) is 0 Å². The summed E-state index contributed by atoms with van der Waals surface area (Å²) in [6, 6.07) is 0. The van der Waals surface area contributed by atoms with Crippen LogP contribution in [0.15, 0.2) is 0 Å². The van der Waals surface area contributed by atoms with Crippen molar-refractivity contribution in [1.82, 2.24) is 0 Å². The normalized spacial score (nSPS) is 35.6. The molecule has 1 nitrogen and oxygen atoms in total. The molecule has 0 aromatic carbocycles. The molecule has 1 heteroatoms. The van der Waals surface area contributed by atoms with Crippen LogP contribution in [0.1, 0.15) is 59.3 Å². The maximum Gasteiger partial charge on any atom is -0.00204 e. The van der Waals surface area contributed by atoms with Crippen LogP contribution < -0.4 is 5.73 Å². The van der Waals surface area contributed by atoms with Crippen molar-refractivity contribution in [2.75, 3.05) is 6.54 Å². The van der Waals surface area contributed by atoms with Gasteiger partial charge in [-0.1, -0.05) is 40.0 Å². The highest BCUT2D eigenvalue weighted by Crippen LogP contribution is 2.42. The lowest BCUT2D eigenvalue weighted by Gasteiger charge is -2.40. The van der Waals surface area contributed by atoms with Gasteiger partial charge in [-0.15, -0.1) is 0 Å². The molecule has 1 fully saturated rings. The van der Waals surface area contributed by atoms with E-state index >= 15 is 0 Å². The highest BCUT2D eigenvalue weighted by molar-refractivity contribution is 4.86. The van der Waals surface area contributed by atoms with Gasteiger partial charge in [0.1, 0.15) is 0 Å². The fraction of sp³-hybridized carbons (Fsp3) is 1.00. The van der Waals surface area contributed by atoms with Crippen LogP contribution in [0.3, 0.4) is 0 Å². The molecule has 2 N–H and O–H groups in total. The molecule has 84 valence electrons. The molecule has 14 heavy (non-hydrogen) atoms. The van der Waals surface area contributed by atoms with Crippen LogP contribution in [0.4, 0.5) is 0 Å². The molecule has 1 saturated carbocycles. The Balaban J connectivity index is 2.49. The van der Waals surface area contributed by atoms with Gasteiger partial charge in [0.25, 0.3) is 0 Å². The van der Waals surface area contributed by atoms with E-state index in [2.05, 4.69) is 20.8 Å². The van der Waals surface area contributed by atoms with E-state index in [1.807, 2.05) is 0 Å². The Hall–Kier alpha value is -0.0400. The molecule has 0 aliphatic heterocycles. The Bertz CT molecular complexity index is 157. The second-order valence-electron chi connectivity index (χ2n) is 5.60. The molecule has 1 aliphatic rings. The van der Waals surface area contributed by atoms with E-state index in [0.29, 0.717) is 5.41 Å². The molecule has 1 unspecified atom stereocenters. The van der Waals surface area contributed by atoms with Crippen LogP contribution in [0.5, 0.6) is 0 Å². The van der Waals surface area contributed by atoms with Gasteiger partial charge in [0.15, 0.2) is 0 Å². The van der Waals surface area contributed by atoms with Gasteiger partial charge in [0.05, 0.1) is 0 Å². The third-order valence-corrected chi connectivity index (χ3v) is 4.25. The molecule has 1 aliphatic carbocycles. The van der Waals surface area contributed by atoms with Gasteiger partial charge in [0, 0.05) is 0 Å². The van der Waals surface area contributed by atoms with Gasteiger partial charge in [-0.2, -0.15) is 0 Å². The van der Waals surface area contributed by atoms with E-state index in [-0.39, 0.29) is 0 Å². The van der Waals surface area contributed by atoms with E-state index in [1.54, 1.807) is 0 Å². The SMILES string of the molecule is CCC(C)CC1(CN)CCC(C)CC1. The Morgan fingerprint density at radius 3 is 2.36 bits per heavy atom. The molecule has 1 rings (SSSR count). The molecule has 0 bridgehead atoms. The zero-order valence-electron chi connectivity index (χ0n) is 10.2. The number of nitrogens with two attached hydrogens (primary N) is 1. The first-order chi connectivity index (χ1) is 6.62. The molecule has 0 aromatic rings. The first-order valence-electron chi connectivity index (χ1n) is 6.32. The van der Waals surface area contributed by atoms with Gasteiger partial charge in [-0.3, -0.25) is 0 Å².